The van der Waals surface area contributed by atoms with Crippen molar-refractivity contribution < 1.29 is 9.32 Å². The van der Waals surface area contributed by atoms with Gasteiger partial charge < -0.3 is 9.84 Å². The van der Waals surface area contributed by atoms with Gasteiger partial charge in [0.05, 0.1) is 11.9 Å². The first-order valence-electron chi connectivity index (χ1n) is 7.61. The molecular weight excluding hydrogens is 322 g/mol. The number of anilines is 1. The van der Waals surface area contributed by atoms with Crippen LogP contribution in [0.4, 0.5) is 5.82 Å². The maximum atomic E-state index is 12.4. The third-order valence-corrected chi connectivity index (χ3v) is 3.97. The van der Waals surface area contributed by atoms with Crippen molar-refractivity contribution in [3.05, 3.63) is 47.7 Å². The molecule has 25 heavy (non-hydrogen) atoms. The lowest BCUT2D eigenvalue weighted by atomic mass is 10.2. The fourth-order valence-electron chi connectivity index (χ4n) is 2.57. The van der Waals surface area contributed by atoms with Gasteiger partial charge in [0.2, 0.25) is 0 Å². The van der Waals surface area contributed by atoms with Crippen molar-refractivity contribution in [3.8, 4) is 11.3 Å². The number of aromatic nitrogens is 6. The van der Waals surface area contributed by atoms with E-state index in [-0.39, 0.29) is 11.6 Å². The Morgan fingerprint density at radius 3 is 2.80 bits per heavy atom. The van der Waals surface area contributed by atoms with Crippen molar-refractivity contribution in [3.63, 3.8) is 0 Å². The first-order chi connectivity index (χ1) is 12.0. The number of hydrogen-bond donors (Lipinski definition) is 1. The van der Waals surface area contributed by atoms with Crippen molar-refractivity contribution in [2.24, 2.45) is 7.05 Å². The lowest BCUT2D eigenvalue weighted by Gasteiger charge is -2.03. The summed E-state index contributed by atoms with van der Waals surface area (Å²) >= 11 is 0. The van der Waals surface area contributed by atoms with E-state index in [0.717, 1.165) is 17.0 Å². The molecule has 0 aromatic carbocycles. The van der Waals surface area contributed by atoms with Gasteiger partial charge in [0.15, 0.2) is 17.2 Å². The zero-order valence-corrected chi connectivity index (χ0v) is 13.9. The molecule has 4 aromatic heterocycles. The molecule has 0 fully saturated rings. The van der Waals surface area contributed by atoms with Crippen LogP contribution in [0.15, 0.2) is 35.1 Å². The fourth-order valence-corrected chi connectivity index (χ4v) is 2.57. The molecule has 4 rings (SSSR count). The van der Waals surface area contributed by atoms with Crippen LogP contribution in [-0.2, 0) is 7.05 Å². The molecule has 0 unspecified atom stereocenters. The van der Waals surface area contributed by atoms with E-state index in [1.54, 1.807) is 40.6 Å². The number of nitrogens with zero attached hydrogens (tertiary/aromatic N) is 6. The summed E-state index contributed by atoms with van der Waals surface area (Å²) in [5.41, 5.74) is 3.54. The van der Waals surface area contributed by atoms with E-state index < -0.39 is 0 Å². The highest BCUT2D eigenvalue weighted by molar-refractivity contribution is 6.03. The summed E-state index contributed by atoms with van der Waals surface area (Å²) in [6.07, 6.45) is 3.45. The molecule has 126 valence electrons. The van der Waals surface area contributed by atoms with Crippen molar-refractivity contribution in [2.75, 3.05) is 5.32 Å². The minimum absolute atomic E-state index is 0.238. The molecular formula is C16H15N7O2. The second-order valence-corrected chi connectivity index (χ2v) is 5.67. The Hall–Kier alpha value is -3.49. The predicted molar refractivity (Wildman–Crippen MR) is 89.1 cm³/mol. The smallest absolute Gasteiger partial charge is 0.277 e. The SMILES string of the molecule is Cc1cc(NC(=O)c2cc3nccc(-c4cnn(C)c4C)n3n2)no1. The lowest BCUT2D eigenvalue weighted by Crippen LogP contribution is -2.13. The molecule has 0 saturated carbocycles. The summed E-state index contributed by atoms with van der Waals surface area (Å²) in [4.78, 5) is 16.7. The van der Waals surface area contributed by atoms with Crippen LogP contribution in [-0.4, -0.2) is 35.4 Å². The number of hydrogen-bond acceptors (Lipinski definition) is 6. The van der Waals surface area contributed by atoms with Crippen LogP contribution in [0.3, 0.4) is 0 Å². The van der Waals surface area contributed by atoms with Gasteiger partial charge in [-0.05, 0) is 19.9 Å². The number of amides is 1. The molecule has 0 atom stereocenters. The molecule has 9 nitrogen and oxygen atoms in total. The number of nitrogens with one attached hydrogen (secondary N) is 1. The molecule has 0 saturated heterocycles. The number of carbonyl (C=O) groups excluding carboxylic acids is 1. The van der Waals surface area contributed by atoms with Crippen molar-refractivity contribution in [1.29, 1.82) is 0 Å². The van der Waals surface area contributed by atoms with Crippen molar-refractivity contribution >= 4 is 17.4 Å². The van der Waals surface area contributed by atoms with Gasteiger partial charge in [0, 0.05) is 36.6 Å². The maximum absolute atomic E-state index is 12.4. The summed E-state index contributed by atoms with van der Waals surface area (Å²) in [7, 11) is 1.87. The van der Waals surface area contributed by atoms with Gasteiger partial charge in [-0.2, -0.15) is 10.2 Å². The van der Waals surface area contributed by atoms with E-state index in [4.69, 9.17) is 4.52 Å². The van der Waals surface area contributed by atoms with Crippen molar-refractivity contribution in [2.45, 2.75) is 13.8 Å². The monoisotopic (exact) mass is 337 g/mol. The van der Waals surface area contributed by atoms with Gasteiger partial charge in [0.25, 0.3) is 5.91 Å². The molecule has 0 radical (unpaired) electrons. The summed E-state index contributed by atoms with van der Waals surface area (Å²) in [6, 6.07) is 5.10. The minimum Gasteiger partial charge on any atom is -0.360 e. The normalized spacial score (nSPS) is 11.2. The second kappa shape index (κ2) is 5.55. The molecule has 0 aliphatic rings. The van der Waals surface area contributed by atoms with Gasteiger partial charge in [-0.1, -0.05) is 5.16 Å². The number of aryl methyl sites for hydroxylation is 2. The largest absolute Gasteiger partial charge is 0.360 e. The molecule has 4 aromatic rings. The summed E-state index contributed by atoms with van der Waals surface area (Å²) < 4.78 is 8.36. The summed E-state index contributed by atoms with van der Waals surface area (Å²) in [5.74, 6) is 0.574. The van der Waals surface area contributed by atoms with E-state index in [2.05, 4.69) is 25.7 Å². The first kappa shape index (κ1) is 15.1. The molecule has 1 N–H and O–H groups in total. The quantitative estimate of drug-likeness (QED) is 0.613. The van der Waals surface area contributed by atoms with Crippen LogP contribution in [0, 0.1) is 13.8 Å². The van der Waals surface area contributed by atoms with Crippen LogP contribution in [0.25, 0.3) is 16.9 Å². The second-order valence-electron chi connectivity index (χ2n) is 5.67. The molecule has 0 aliphatic heterocycles. The molecule has 1 amide bonds. The van der Waals surface area contributed by atoms with E-state index in [9.17, 15) is 4.79 Å². The van der Waals surface area contributed by atoms with Gasteiger partial charge in [-0.3, -0.25) is 9.48 Å². The van der Waals surface area contributed by atoms with E-state index >= 15 is 0 Å². The zero-order valence-electron chi connectivity index (χ0n) is 13.9. The third-order valence-electron chi connectivity index (χ3n) is 3.97. The topological polar surface area (TPSA) is 103 Å². The van der Waals surface area contributed by atoms with Gasteiger partial charge in [-0.15, -0.1) is 0 Å². The lowest BCUT2D eigenvalue weighted by molar-refractivity contribution is 0.102. The van der Waals surface area contributed by atoms with Crippen LogP contribution < -0.4 is 5.32 Å². The summed E-state index contributed by atoms with van der Waals surface area (Å²) in [6.45, 7) is 3.72. The van der Waals surface area contributed by atoms with Crippen LogP contribution in [0.1, 0.15) is 21.9 Å². The molecule has 0 aliphatic carbocycles. The predicted octanol–water partition coefficient (Wildman–Crippen LogP) is 1.99. The van der Waals surface area contributed by atoms with Crippen molar-refractivity contribution in [1.82, 2.24) is 29.5 Å². The number of carbonyl (C=O) groups is 1. The minimum atomic E-state index is -0.382. The van der Waals surface area contributed by atoms with E-state index in [1.807, 2.05) is 20.0 Å². The fraction of sp³-hybridized carbons (Fsp3) is 0.188. The third kappa shape index (κ3) is 2.55. The average molecular weight is 337 g/mol. The Morgan fingerprint density at radius 1 is 1.28 bits per heavy atom. The summed E-state index contributed by atoms with van der Waals surface area (Å²) in [5, 5.41) is 15.0. The van der Waals surface area contributed by atoms with Crippen LogP contribution in [0.5, 0.6) is 0 Å². The highest BCUT2D eigenvalue weighted by atomic mass is 16.5. The average Bonchev–Trinajstić information content (AvgIpc) is 3.28. The number of fused-ring (bicyclic) bond motifs is 1. The first-order valence-corrected chi connectivity index (χ1v) is 7.61. The Kier molecular flexibility index (Phi) is 3.34. The van der Waals surface area contributed by atoms with E-state index in [0.29, 0.717) is 17.2 Å². The zero-order chi connectivity index (χ0) is 17.6. The molecule has 9 heteroatoms. The Morgan fingerprint density at radius 2 is 2.12 bits per heavy atom. The molecule has 0 bridgehead atoms. The standard InChI is InChI=1S/C16H15N7O2/c1-9-6-14(21-25-9)19-16(24)12-7-15-17-5-4-13(23(15)20-12)11-8-18-22(3)10(11)2/h4-8H,1-3H3,(H,19,21,24). The molecule has 0 spiro atoms. The maximum Gasteiger partial charge on any atom is 0.277 e. The highest BCUT2D eigenvalue weighted by Crippen LogP contribution is 2.23. The van der Waals surface area contributed by atoms with Gasteiger partial charge >= 0.3 is 0 Å². The van der Waals surface area contributed by atoms with E-state index in [1.165, 1.54) is 0 Å². The van der Waals surface area contributed by atoms with Crippen LogP contribution in [0.2, 0.25) is 0 Å². The Labute approximate surface area is 142 Å². The Balaban J connectivity index is 1.74. The Bertz CT molecular complexity index is 1090. The highest BCUT2D eigenvalue weighted by Gasteiger charge is 2.17. The number of rotatable bonds is 3. The molecule has 4 heterocycles. The van der Waals surface area contributed by atoms with Gasteiger partial charge in [0.1, 0.15) is 5.76 Å². The van der Waals surface area contributed by atoms with Gasteiger partial charge in [-0.25, -0.2) is 9.50 Å². The van der Waals surface area contributed by atoms with Crippen LogP contribution >= 0.6 is 0 Å².